The summed E-state index contributed by atoms with van der Waals surface area (Å²) in [7, 11) is 7.57. The van der Waals surface area contributed by atoms with E-state index >= 15 is 0 Å². The van der Waals surface area contributed by atoms with Crippen LogP contribution in [-0.2, 0) is 16.5 Å². The molecule has 0 bridgehead atoms. The van der Waals surface area contributed by atoms with E-state index in [1.54, 1.807) is 11.8 Å². The number of rotatable bonds is 7. The standard InChI is InChI=1S/C16H30N6O2.HI/c1-17-16(18-5-6-20(2)7-9-23-4)22-8-10-24-15(13-22)14-11-19-21(3)12-14;/h11-12,15H,5-10,13H2,1-4H3,(H,17,18);1H. The average Bonchev–Trinajstić information content (AvgIpc) is 3.03. The van der Waals surface area contributed by atoms with Gasteiger partial charge in [-0.05, 0) is 7.05 Å². The van der Waals surface area contributed by atoms with Crippen LogP contribution in [-0.4, -0.2) is 92.7 Å². The Bertz CT molecular complexity index is 524. The lowest BCUT2D eigenvalue weighted by Gasteiger charge is -2.35. The second kappa shape index (κ2) is 11.7. The number of halogens is 1. The van der Waals surface area contributed by atoms with Crippen molar-refractivity contribution in [1.29, 1.82) is 0 Å². The average molecular weight is 466 g/mol. The van der Waals surface area contributed by atoms with Crippen LogP contribution in [0.25, 0.3) is 0 Å². The van der Waals surface area contributed by atoms with Crippen LogP contribution in [0.3, 0.4) is 0 Å². The highest BCUT2D eigenvalue weighted by molar-refractivity contribution is 14.0. The lowest BCUT2D eigenvalue weighted by atomic mass is 10.1. The fourth-order valence-electron chi connectivity index (χ4n) is 2.70. The van der Waals surface area contributed by atoms with Crippen molar-refractivity contribution in [2.45, 2.75) is 6.10 Å². The summed E-state index contributed by atoms with van der Waals surface area (Å²) in [4.78, 5) is 8.90. The number of methoxy groups -OCH3 is 1. The Morgan fingerprint density at radius 1 is 1.52 bits per heavy atom. The highest BCUT2D eigenvalue weighted by Crippen LogP contribution is 2.21. The van der Waals surface area contributed by atoms with Gasteiger partial charge < -0.3 is 24.6 Å². The van der Waals surface area contributed by atoms with Gasteiger partial charge in [-0.2, -0.15) is 5.10 Å². The van der Waals surface area contributed by atoms with Crippen molar-refractivity contribution < 1.29 is 9.47 Å². The maximum absolute atomic E-state index is 5.89. The molecule has 1 N–H and O–H groups in total. The number of ether oxygens (including phenoxy) is 2. The van der Waals surface area contributed by atoms with Crippen LogP contribution >= 0.6 is 24.0 Å². The number of nitrogens with zero attached hydrogens (tertiary/aromatic N) is 5. The Hall–Kier alpha value is -0.910. The van der Waals surface area contributed by atoms with Crippen molar-refractivity contribution in [2.24, 2.45) is 12.0 Å². The predicted octanol–water partition coefficient (Wildman–Crippen LogP) is 0.565. The summed E-state index contributed by atoms with van der Waals surface area (Å²) >= 11 is 0. The van der Waals surface area contributed by atoms with Crippen molar-refractivity contribution in [3.8, 4) is 0 Å². The lowest BCUT2D eigenvalue weighted by Crippen LogP contribution is -2.49. The topological polar surface area (TPSA) is 67.2 Å². The van der Waals surface area contributed by atoms with Crippen LogP contribution in [0, 0.1) is 0 Å². The van der Waals surface area contributed by atoms with E-state index in [-0.39, 0.29) is 30.1 Å². The van der Waals surface area contributed by atoms with Gasteiger partial charge in [0.25, 0.3) is 0 Å². The van der Waals surface area contributed by atoms with Gasteiger partial charge in [0.05, 0.1) is 26.0 Å². The molecule has 1 fully saturated rings. The van der Waals surface area contributed by atoms with Crippen molar-refractivity contribution in [1.82, 2.24) is 24.9 Å². The Kier molecular flexibility index (Phi) is 10.3. The quantitative estimate of drug-likeness (QED) is 0.360. The van der Waals surface area contributed by atoms with Crippen molar-refractivity contribution in [3.63, 3.8) is 0 Å². The van der Waals surface area contributed by atoms with Crippen molar-refractivity contribution in [3.05, 3.63) is 18.0 Å². The number of likely N-dealkylation sites (N-methyl/N-ethyl adjacent to an activating group) is 1. The second-order valence-corrected chi connectivity index (χ2v) is 6.02. The Balaban J connectivity index is 0.00000312. The third kappa shape index (κ3) is 7.08. The van der Waals surface area contributed by atoms with Gasteiger partial charge in [0.2, 0.25) is 0 Å². The second-order valence-electron chi connectivity index (χ2n) is 6.02. The molecule has 0 saturated carbocycles. The van der Waals surface area contributed by atoms with E-state index in [9.17, 15) is 0 Å². The van der Waals surface area contributed by atoms with Gasteiger partial charge >= 0.3 is 0 Å². The van der Waals surface area contributed by atoms with E-state index in [1.807, 2.05) is 26.5 Å². The van der Waals surface area contributed by atoms with Crippen LogP contribution in [0.1, 0.15) is 11.7 Å². The van der Waals surface area contributed by atoms with Crippen LogP contribution in [0.15, 0.2) is 17.4 Å². The molecule has 1 aromatic heterocycles. The minimum atomic E-state index is 0. The first kappa shape index (κ1) is 22.1. The number of nitrogens with one attached hydrogen (secondary N) is 1. The summed E-state index contributed by atoms with van der Waals surface area (Å²) in [5.41, 5.74) is 1.11. The molecule has 0 aromatic carbocycles. The molecule has 0 spiro atoms. The summed E-state index contributed by atoms with van der Waals surface area (Å²) in [6.07, 6.45) is 3.92. The molecule has 1 saturated heterocycles. The third-order valence-corrected chi connectivity index (χ3v) is 4.13. The first-order valence-electron chi connectivity index (χ1n) is 8.37. The van der Waals surface area contributed by atoms with Crippen molar-refractivity contribution in [2.75, 3.05) is 67.1 Å². The molecule has 2 heterocycles. The van der Waals surface area contributed by atoms with E-state index < -0.39 is 0 Å². The number of morpholine rings is 1. The highest BCUT2D eigenvalue weighted by Gasteiger charge is 2.25. The number of hydrogen-bond donors (Lipinski definition) is 1. The molecule has 1 unspecified atom stereocenters. The fourth-order valence-corrected chi connectivity index (χ4v) is 2.70. The number of aryl methyl sites for hydroxylation is 1. The highest BCUT2D eigenvalue weighted by atomic mass is 127. The van der Waals surface area contributed by atoms with E-state index in [1.165, 1.54) is 0 Å². The number of hydrogen-bond acceptors (Lipinski definition) is 5. The van der Waals surface area contributed by atoms with Gasteiger partial charge in [0, 0.05) is 59.1 Å². The van der Waals surface area contributed by atoms with E-state index in [0.717, 1.165) is 50.9 Å². The molecule has 1 aromatic rings. The molecule has 0 radical (unpaired) electrons. The van der Waals surface area contributed by atoms with Crippen molar-refractivity contribution >= 4 is 29.9 Å². The SMILES string of the molecule is CN=C(NCCN(C)CCOC)N1CCOC(c2cnn(C)c2)C1.I. The minimum absolute atomic E-state index is 0. The van der Waals surface area contributed by atoms with Gasteiger partial charge in [-0.15, -0.1) is 24.0 Å². The van der Waals surface area contributed by atoms with E-state index in [4.69, 9.17) is 9.47 Å². The van der Waals surface area contributed by atoms with E-state index in [2.05, 4.69) is 32.3 Å². The maximum Gasteiger partial charge on any atom is 0.193 e. The van der Waals surface area contributed by atoms with Crippen LogP contribution < -0.4 is 5.32 Å². The Morgan fingerprint density at radius 3 is 2.96 bits per heavy atom. The minimum Gasteiger partial charge on any atom is -0.383 e. The molecule has 1 atom stereocenters. The zero-order valence-corrected chi connectivity index (χ0v) is 18.0. The normalized spacial score (nSPS) is 18.4. The third-order valence-electron chi connectivity index (χ3n) is 4.13. The molecule has 1 aliphatic rings. The molecule has 25 heavy (non-hydrogen) atoms. The monoisotopic (exact) mass is 466 g/mol. The van der Waals surface area contributed by atoms with Gasteiger partial charge in [0.1, 0.15) is 6.10 Å². The number of aliphatic imine (C=N–C) groups is 1. The van der Waals surface area contributed by atoms with Crippen LogP contribution in [0.4, 0.5) is 0 Å². The summed E-state index contributed by atoms with van der Waals surface area (Å²) in [5, 5.41) is 7.67. The van der Waals surface area contributed by atoms with Gasteiger partial charge in [-0.1, -0.05) is 0 Å². The summed E-state index contributed by atoms with van der Waals surface area (Å²) in [6, 6.07) is 0. The van der Waals surface area contributed by atoms with E-state index in [0.29, 0.717) is 6.61 Å². The predicted molar refractivity (Wildman–Crippen MR) is 110 cm³/mol. The van der Waals surface area contributed by atoms with Crippen LogP contribution in [0.5, 0.6) is 0 Å². The molecule has 2 rings (SSSR count). The van der Waals surface area contributed by atoms with Gasteiger partial charge in [-0.25, -0.2) is 0 Å². The summed E-state index contributed by atoms with van der Waals surface area (Å²) < 4.78 is 12.8. The number of guanidine groups is 1. The molecule has 0 aliphatic carbocycles. The lowest BCUT2D eigenvalue weighted by molar-refractivity contribution is -0.00804. The van der Waals surface area contributed by atoms with Crippen LogP contribution in [0.2, 0.25) is 0 Å². The molecule has 8 nitrogen and oxygen atoms in total. The van der Waals surface area contributed by atoms with Gasteiger partial charge in [-0.3, -0.25) is 9.67 Å². The number of aromatic nitrogens is 2. The molecular formula is C16H31IN6O2. The Morgan fingerprint density at radius 2 is 2.32 bits per heavy atom. The molecule has 0 amide bonds. The molecule has 9 heteroatoms. The zero-order chi connectivity index (χ0) is 17.4. The zero-order valence-electron chi connectivity index (χ0n) is 15.6. The summed E-state index contributed by atoms with van der Waals surface area (Å²) in [5.74, 6) is 0.923. The smallest absolute Gasteiger partial charge is 0.193 e. The molecular weight excluding hydrogens is 435 g/mol. The molecule has 1 aliphatic heterocycles. The first-order valence-corrected chi connectivity index (χ1v) is 8.37. The Labute approximate surface area is 167 Å². The molecule has 144 valence electrons. The largest absolute Gasteiger partial charge is 0.383 e. The maximum atomic E-state index is 5.89. The summed E-state index contributed by atoms with van der Waals surface area (Å²) in [6.45, 7) is 5.79. The fraction of sp³-hybridized carbons (Fsp3) is 0.750. The van der Waals surface area contributed by atoms with Gasteiger partial charge in [0.15, 0.2) is 5.96 Å². The first-order chi connectivity index (χ1) is 11.6.